The molecule has 1 aromatic carbocycles. The molecule has 0 fully saturated rings. The summed E-state index contributed by atoms with van der Waals surface area (Å²) in [5.41, 5.74) is 4.29. The van der Waals surface area contributed by atoms with Crippen molar-refractivity contribution in [1.82, 2.24) is 9.38 Å². The van der Waals surface area contributed by atoms with E-state index in [1.165, 1.54) is 0 Å². The van der Waals surface area contributed by atoms with Gasteiger partial charge in [0.1, 0.15) is 5.65 Å². The number of methoxy groups -OCH3 is 2. The van der Waals surface area contributed by atoms with E-state index >= 15 is 0 Å². The van der Waals surface area contributed by atoms with Crippen LogP contribution in [0.2, 0.25) is 0 Å². The summed E-state index contributed by atoms with van der Waals surface area (Å²) < 4.78 is 12.5. The summed E-state index contributed by atoms with van der Waals surface area (Å²) in [6.07, 6.45) is 1.97. The predicted octanol–water partition coefficient (Wildman–Crippen LogP) is 2.82. The van der Waals surface area contributed by atoms with Crippen molar-refractivity contribution in [3.63, 3.8) is 0 Å². The summed E-state index contributed by atoms with van der Waals surface area (Å²) in [5.74, 6) is 1.30. The Labute approximate surface area is 128 Å². The fourth-order valence-electron chi connectivity index (χ4n) is 2.57. The minimum atomic E-state index is -0.0890. The van der Waals surface area contributed by atoms with Gasteiger partial charge in [0.15, 0.2) is 11.5 Å². The second kappa shape index (κ2) is 5.69. The fraction of sp³-hybridized carbons (Fsp3) is 0.235. The number of aromatic nitrogens is 2. The molecule has 1 N–H and O–H groups in total. The first-order chi connectivity index (χ1) is 10.7. The molecule has 3 aromatic rings. The molecule has 0 aliphatic carbocycles. The summed E-state index contributed by atoms with van der Waals surface area (Å²) in [4.78, 5) is 4.63. The Balaban J connectivity index is 2.21. The van der Waals surface area contributed by atoms with Crippen molar-refractivity contribution in [2.24, 2.45) is 0 Å². The van der Waals surface area contributed by atoms with Gasteiger partial charge in [-0.25, -0.2) is 4.98 Å². The van der Waals surface area contributed by atoms with E-state index in [9.17, 15) is 5.11 Å². The van der Waals surface area contributed by atoms with Gasteiger partial charge < -0.3 is 19.0 Å². The van der Waals surface area contributed by atoms with Gasteiger partial charge in [-0.1, -0.05) is 6.07 Å². The number of hydrogen-bond acceptors (Lipinski definition) is 4. The lowest BCUT2D eigenvalue weighted by atomic mass is 10.1. The van der Waals surface area contributed by atoms with E-state index in [4.69, 9.17) is 9.47 Å². The number of pyridine rings is 1. The molecule has 0 radical (unpaired) electrons. The van der Waals surface area contributed by atoms with Crippen LogP contribution < -0.4 is 9.47 Å². The molecule has 2 heterocycles. The standard InChI is InChI=1S/C17H18N2O3/c1-11-4-7-16-18-17(13(10-20)19(16)9-11)12-5-6-14(21-2)15(8-12)22-3/h4-9,20H,10H2,1-3H3. The first-order valence-corrected chi connectivity index (χ1v) is 6.98. The van der Waals surface area contributed by atoms with Crippen LogP contribution in [0.5, 0.6) is 11.5 Å². The van der Waals surface area contributed by atoms with Crippen LogP contribution in [0.4, 0.5) is 0 Å². The van der Waals surface area contributed by atoms with Gasteiger partial charge in [-0.05, 0) is 36.8 Å². The van der Waals surface area contributed by atoms with Gasteiger partial charge in [-0.3, -0.25) is 0 Å². The van der Waals surface area contributed by atoms with Crippen molar-refractivity contribution in [3.05, 3.63) is 47.8 Å². The molecule has 0 saturated heterocycles. The number of rotatable bonds is 4. The molecule has 0 spiro atoms. The molecule has 0 atom stereocenters. The maximum atomic E-state index is 9.77. The lowest BCUT2D eigenvalue weighted by molar-refractivity contribution is 0.276. The van der Waals surface area contributed by atoms with Gasteiger partial charge in [0.25, 0.3) is 0 Å². The van der Waals surface area contributed by atoms with Gasteiger partial charge in [-0.2, -0.15) is 0 Å². The fourth-order valence-corrected chi connectivity index (χ4v) is 2.57. The van der Waals surface area contributed by atoms with E-state index in [0.717, 1.165) is 28.2 Å². The number of aliphatic hydroxyl groups is 1. The Hall–Kier alpha value is -2.53. The third kappa shape index (κ3) is 2.29. The van der Waals surface area contributed by atoms with Crippen molar-refractivity contribution >= 4 is 5.65 Å². The van der Waals surface area contributed by atoms with Crippen LogP contribution in [-0.2, 0) is 6.61 Å². The first kappa shape index (κ1) is 14.4. The number of ether oxygens (including phenoxy) is 2. The summed E-state index contributed by atoms with van der Waals surface area (Å²) in [6.45, 7) is 1.92. The quantitative estimate of drug-likeness (QED) is 0.804. The van der Waals surface area contributed by atoms with E-state index in [0.29, 0.717) is 11.5 Å². The zero-order valence-electron chi connectivity index (χ0n) is 12.8. The minimum absolute atomic E-state index is 0.0890. The topological polar surface area (TPSA) is 56.0 Å². The van der Waals surface area contributed by atoms with E-state index in [1.807, 2.05) is 47.9 Å². The molecule has 0 amide bonds. The van der Waals surface area contributed by atoms with Gasteiger partial charge in [0, 0.05) is 11.8 Å². The highest BCUT2D eigenvalue weighted by Gasteiger charge is 2.15. The van der Waals surface area contributed by atoms with Crippen LogP contribution in [0.3, 0.4) is 0 Å². The maximum absolute atomic E-state index is 9.77. The lowest BCUT2D eigenvalue weighted by Gasteiger charge is -2.09. The Bertz CT molecular complexity index is 824. The van der Waals surface area contributed by atoms with Crippen molar-refractivity contribution in [3.8, 4) is 22.8 Å². The third-order valence-corrected chi connectivity index (χ3v) is 3.67. The highest BCUT2D eigenvalue weighted by atomic mass is 16.5. The Morgan fingerprint density at radius 3 is 2.55 bits per heavy atom. The predicted molar refractivity (Wildman–Crippen MR) is 84.4 cm³/mol. The van der Waals surface area contributed by atoms with Gasteiger partial charge in [0.05, 0.1) is 32.2 Å². The molecule has 0 bridgehead atoms. The number of imidazole rings is 1. The highest BCUT2D eigenvalue weighted by molar-refractivity contribution is 5.69. The zero-order chi connectivity index (χ0) is 15.7. The van der Waals surface area contributed by atoms with Crippen molar-refractivity contribution in [1.29, 1.82) is 0 Å². The number of aliphatic hydroxyl groups excluding tert-OH is 1. The number of nitrogens with zero attached hydrogens (tertiary/aromatic N) is 2. The first-order valence-electron chi connectivity index (χ1n) is 6.98. The molecular weight excluding hydrogens is 280 g/mol. The summed E-state index contributed by atoms with van der Waals surface area (Å²) >= 11 is 0. The van der Waals surface area contributed by atoms with Crippen LogP contribution in [0, 0.1) is 6.92 Å². The second-order valence-corrected chi connectivity index (χ2v) is 5.07. The average molecular weight is 298 g/mol. The normalized spacial score (nSPS) is 10.9. The molecule has 114 valence electrons. The molecule has 22 heavy (non-hydrogen) atoms. The van der Waals surface area contributed by atoms with Crippen molar-refractivity contribution in [2.75, 3.05) is 14.2 Å². The molecule has 5 nitrogen and oxygen atoms in total. The largest absolute Gasteiger partial charge is 0.493 e. The summed E-state index contributed by atoms with van der Waals surface area (Å²) in [6, 6.07) is 9.56. The SMILES string of the molecule is COc1ccc(-c2nc3ccc(C)cn3c2CO)cc1OC. The van der Waals surface area contributed by atoms with Crippen LogP contribution >= 0.6 is 0 Å². The smallest absolute Gasteiger partial charge is 0.161 e. The number of hydrogen-bond donors (Lipinski definition) is 1. The summed E-state index contributed by atoms with van der Waals surface area (Å²) in [7, 11) is 3.20. The van der Waals surface area contributed by atoms with E-state index in [1.54, 1.807) is 14.2 Å². The number of benzene rings is 1. The van der Waals surface area contributed by atoms with Crippen molar-refractivity contribution < 1.29 is 14.6 Å². The molecule has 2 aromatic heterocycles. The van der Waals surface area contributed by atoms with Gasteiger partial charge in [-0.15, -0.1) is 0 Å². The molecule has 5 heteroatoms. The van der Waals surface area contributed by atoms with Crippen LogP contribution in [0.25, 0.3) is 16.9 Å². The molecule has 0 saturated carbocycles. The van der Waals surface area contributed by atoms with Crippen molar-refractivity contribution in [2.45, 2.75) is 13.5 Å². The summed E-state index contributed by atoms with van der Waals surface area (Å²) in [5, 5.41) is 9.77. The maximum Gasteiger partial charge on any atom is 0.161 e. The molecular formula is C17H18N2O3. The lowest BCUT2D eigenvalue weighted by Crippen LogP contribution is -1.95. The second-order valence-electron chi connectivity index (χ2n) is 5.07. The third-order valence-electron chi connectivity index (χ3n) is 3.67. The molecule has 0 aliphatic rings. The highest BCUT2D eigenvalue weighted by Crippen LogP contribution is 2.33. The Kier molecular flexibility index (Phi) is 3.73. The molecule has 0 unspecified atom stereocenters. The van der Waals surface area contributed by atoms with E-state index < -0.39 is 0 Å². The number of fused-ring (bicyclic) bond motifs is 1. The Morgan fingerprint density at radius 1 is 1.09 bits per heavy atom. The molecule has 3 rings (SSSR count). The van der Waals surface area contributed by atoms with E-state index in [2.05, 4.69) is 4.98 Å². The van der Waals surface area contributed by atoms with Gasteiger partial charge in [0.2, 0.25) is 0 Å². The van der Waals surface area contributed by atoms with Crippen LogP contribution in [0.15, 0.2) is 36.5 Å². The zero-order valence-corrected chi connectivity index (χ0v) is 12.8. The number of aryl methyl sites for hydroxylation is 1. The monoisotopic (exact) mass is 298 g/mol. The average Bonchev–Trinajstić information content (AvgIpc) is 2.91. The molecule has 0 aliphatic heterocycles. The minimum Gasteiger partial charge on any atom is -0.493 e. The van der Waals surface area contributed by atoms with Crippen LogP contribution in [0.1, 0.15) is 11.3 Å². The van der Waals surface area contributed by atoms with Crippen LogP contribution in [-0.4, -0.2) is 28.7 Å². The van der Waals surface area contributed by atoms with E-state index in [-0.39, 0.29) is 6.61 Å². The van der Waals surface area contributed by atoms with Gasteiger partial charge >= 0.3 is 0 Å². The Morgan fingerprint density at radius 2 is 1.86 bits per heavy atom.